The molecule has 0 saturated carbocycles. The largest absolute Gasteiger partial charge is 0.353 e. The Morgan fingerprint density at radius 3 is 2.41 bits per heavy atom. The lowest BCUT2D eigenvalue weighted by Gasteiger charge is -2.29. The molecule has 146 valence electrons. The smallest absolute Gasteiger partial charge is 0.173 e. The van der Waals surface area contributed by atoms with Crippen LogP contribution in [0.2, 0.25) is 5.02 Å². The molecule has 0 radical (unpaired) electrons. The molecule has 4 nitrogen and oxygen atoms in total. The summed E-state index contributed by atoms with van der Waals surface area (Å²) in [5.74, 6) is -0.551. The highest BCUT2D eigenvalue weighted by molar-refractivity contribution is 8.03. The van der Waals surface area contributed by atoms with Gasteiger partial charge in [0.25, 0.3) is 0 Å². The standard InChI is InChI=1S/C23H19ClN2O2S/c1-14-21(15(2)27)22(17-10-6-7-11-19(17)24)18(12-25)23(26-14)29-13-20(28)16-8-4-3-5-9-16/h3-11,22,26H,13H2,1-2H3/t22-/m0/s1. The first-order chi connectivity index (χ1) is 13.9. The predicted octanol–water partition coefficient (Wildman–Crippen LogP) is 5.24. The second-order valence-electron chi connectivity index (χ2n) is 6.61. The molecule has 0 aliphatic carbocycles. The van der Waals surface area contributed by atoms with Gasteiger partial charge in [-0.05, 0) is 25.5 Å². The number of allylic oxidation sites excluding steroid dienone is 3. The van der Waals surface area contributed by atoms with Crippen molar-refractivity contribution < 1.29 is 9.59 Å². The van der Waals surface area contributed by atoms with Crippen LogP contribution in [0.15, 0.2) is 76.5 Å². The number of carbonyl (C=O) groups is 2. The van der Waals surface area contributed by atoms with E-state index in [2.05, 4.69) is 11.4 Å². The zero-order valence-electron chi connectivity index (χ0n) is 16.0. The Hall–Kier alpha value is -2.81. The van der Waals surface area contributed by atoms with E-state index >= 15 is 0 Å². The molecule has 1 N–H and O–H groups in total. The van der Waals surface area contributed by atoms with E-state index in [4.69, 9.17) is 11.6 Å². The van der Waals surface area contributed by atoms with Crippen LogP contribution in [0.3, 0.4) is 0 Å². The number of benzene rings is 2. The number of hydrogen-bond acceptors (Lipinski definition) is 5. The Bertz CT molecular complexity index is 1070. The van der Waals surface area contributed by atoms with Crippen molar-refractivity contribution in [3.05, 3.63) is 92.6 Å². The van der Waals surface area contributed by atoms with Gasteiger partial charge in [-0.1, -0.05) is 71.9 Å². The summed E-state index contributed by atoms with van der Waals surface area (Å²) in [4.78, 5) is 24.9. The molecule has 0 saturated heterocycles. The van der Waals surface area contributed by atoms with Gasteiger partial charge in [0.1, 0.15) is 0 Å². The molecular weight excluding hydrogens is 404 g/mol. The fourth-order valence-corrected chi connectivity index (χ4v) is 4.59. The molecule has 1 atom stereocenters. The third kappa shape index (κ3) is 4.45. The average Bonchev–Trinajstić information content (AvgIpc) is 2.72. The van der Waals surface area contributed by atoms with Crippen molar-refractivity contribution in [3.8, 4) is 6.07 Å². The zero-order chi connectivity index (χ0) is 21.0. The first-order valence-electron chi connectivity index (χ1n) is 9.02. The van der Waals surface area contributed by atoms with Crippen LogP contribution in [0, 0.1) is 11.3 Å². The second kappa shape index (κ2) is 9.13. The van der Waals surface area contributed by atoms with Crippen LogP contribution in [0.1, 0.15) is 35.7 Å². The number of nitrogens with one attached hydrogen (secondary N) is 1. The lowest BCUT2D eigenvalue weighted by Crippen LogP contribution is -2.27. The van der Waals surface area contributed by atoms with Crippen molar-refractivity contribution in [1.82, 2.24) is 5.32 Å². The molecule has 3 rings (SSSR count). The van der Waals surface area contributed by atoms with E-state index in [-0.39, 0.29) is 17.3 Å². The average molecular weight is 423 g/mol. The van der Waals surface area contributed by atoms with E-state index < -0.39 is 5.92 Å². The quantitative estimate of drug-likeness (QED) is 0.644. The number of halogens is 1. The zero-order valence-corrected chi connectivity index (χ0v) is 17.6. The minimum absolute atomic E-state index is 0.0320. The van der Waals surface area contributed by atoms with Crippen molar-refractivity contribution in [2.45, 2.75) is 19.8 Å². The van der Waals surface area contributed by atoms with E-state index in [1.807, 2.05) is 30.3 Å². The van der Waals surface area contributed by atoms with Gasteiger partial charge in [0, 0.05) is 21.9 Å². The van der Waals surface area contributed by atoms with Gasteiger partial charge in [0.2, 0.25) is 0 Å². The van der Waals surface area contributed by atoms with Crippen LogP contribution < -0.4 is 5.32 Å². The maximum atomic E-state index is 12.5. The minimum atomic E-state index is -0.568. The fourth-order valence-electron chi connectivity index (χ4n) is 3.36. The summed E-state index contributed by atoms with van der Waals surface area (Å²) in [5, 5.41) is 14.2. The van der Waals surface area contributed by atoms with Crippen LogP contribution in [0.4, 0.5) is 0 Å². The number of dihydropyridines is 1. The van der Waals surface area contributed by atoms with Gasteiger partial charge in [-0.2, -0.15) is 5.26 Å². The van der Waals surface area contributed by atoms with Gasteiger partial charge < -0.3 is 5.32 Å². The Morgan fingerprint density at radius 2 is 1.79 bits per heavy atom. The first-order valence-corrected chi connectivity index (χ1v) is 10.4. The summed E-state index contributed by atoms with van der Waals surface area (Å²) in [6.45, 7) is 3.28. The Labute approximate surface area is 179 Å². The van der Waals surface area contributed by atoms with Gasteiger partial charge in [0.15, 0.2) is 11.6 Å². The van der Waals surface area contributed by atoms with E-state index in [0.29, 0.717) is 38.0 Å². The molecule has 0 aromatic heterocycles. The van der Waals surface area contributed by atoms with E-state index in [9.17, 15) is 14.9 Å². The number of Topliss-reactive ketones (excluding diaryl/α,β-unsaturated/α-hetero) is 2. The molecule has 2 aromatic carbocycles. The fraction of sp³-hybridized carbons (Fsp3) is 0.174. The highest BCUT2D eigenvalue weighted by Gasteiger charge is 2.34. The molecule has 0 fully saturated rings. The molecule has 1 heterocycles. The molecule has 0 unspecified atom stereocenters. The lowest BCUT2D eigenvalue weighted by molar-refractivity contribution is -0.113. The number of ketones is 2. The molecule has 1 aliphatic heterocycles. The van der Waals surface area contributed by atoms with Gasteiger partial charge >= 0.3 is 0 Å². The van der Waals surface area contributed by atoms with Crippen molar-refractivity contribution >= 4 is 34.9 Å². The molecular formula is C23H19ClN2O2S. The molecule has 0 bridgehead atoms. The van der Waals surface area contributed by atoms with E-state index in [0.717, 1.165) is 0 Å². The monoisotopic (exact) mass is 422 g/mol. The molecule has 2 aromatic rings. The minimum Gasteiger partial charge on any atom is -0.353 e. The summed E-state index contributed by atoms with van der Waals surface area (Å²) < 4.78 is 0. The Morgan fingerprint density at radius 1 is 1.14 bits per heavy atom. The topological polar surface area (TPSA) is 70.0 Å². The predicted molar refractivity (Wildman–Crippen MR) is 117 cm³/mol. The number of nitriles is 1. The summed E-state index contributed by atoms with van der Waals surface area (Å²) in [7, 11) is 0. The highest BCUT2D eigenvalue weighted by Crippen LogP contribution is 2.43. The number of nitrogens with zero attached hydrogens (tertiary/aromatic N) is 1. The molecule has 29 heavy (non-hydrogen) atoms. The highest BCUT2D eigenvalue weighted by atomic mass is 35.5. The number of carbonyl (C=O) groups excluding carboxylic acids is 2. The molecule has 0 spiro atoms. The third-order valence-electron chi connectivity index (χ3n) is 4.69. The van der Waals surface area contributed by atoms with Crippen molar-refractivity contribution in [2.75, 3.05) is 5.75 Å². The summed E-state index contributed by atoms with van der Waals surface area (Å²) in [5.41, 5.74) is 2.88. The maximum absolute atomic E-state index is 12.5. The number of hydrogen-bond donors (Lipinski definition) is 1. The van der Waals surface area contributed by atoms with Gasteiger partial charge in [-0.25, -0.2) is 0 Å². The third-order valence-corrected chi connectivity index (χ3v) is 6.05. The van der Waals surface area contributed by atoms with Crippen molar-refractivity contribution in [1.29, 1.82) is 5.26 Å². The Kier molecular flexibility index (Phi) is 6.58. The number of thioether (sulfide) groups is 1. The Balaban J connectivity index is 1.99. The maximum Gasteiger partial charge on any atom is 0.173 e. The molecule has 1 aliphatic rings. The SMILES string of the molecule is CC(=O)C1=C(C)NC(SCC(=O)c2ccccc2)=C(C#N)[C@@H]1c1ccccc1Cl. The van der Waals surface area contributed by atoms with E-state index in [1.165, 1.54) is 18.7 Å². The second-order valence-corrected chi connectivity index (χ2v) is 8.00. The van der Waals surface area contributed by atoms with Crippen molar-refractivity contribution in [2.24, 2.45) is 0 Å². The van der Waals surface area contributed by atoms with E-state index in [1.54, 1.807) is 31.2 Å². The normalized spacial score (nSPS) is 16.3. The number of rotatable bonds is 6. The summed E-state index contributed by atoms with van der Waals surface area (Å²) >= 11 is 7.67. The lowest BCUT2D eigenvalue weighted by atomic mass is 9.81. The first kappa shape index (κ1) is 20.9. The summed E-state index contributed by atoms with van der Waals surface area (Å²) in [6, 6.07) is 18.5. The van der Waals surface area contributed by atoms with Gasteiger partial charge in [0.05, 0.1) is 28.3 Å². The summed E-state index contributed by atoms with van der Waals surface area (Å²) in [6.07, 6.45) is 0. The van der Waals surface area contributed by atoms with Crippen LogP contribution >= 0.6 is 23.4 Å². The van der Waals surface area contributed by atoms with Gasteiger partial charge in [-0.15, -0.1) is 0 Å². The van der Waals surface area contributed by atoms with Crippen molar-refractivity contribution in [3.63, 3.8) is 0 Å². The molecule has 0 amide bonds. The van der Waals surface area contributed by atoms with Gasteiger partial charge in [-0.3, -0.25) is 9.59 Å². The van der Waals surface area contributed by atoms with Crippen LogP contribution in [0.25, 0.3) is 0 Å². The van der Waals surface area contributed by atoms with Crippen LogP contribution in [-0.4, -0.2) is 17.3 Å². The molecule has 6 heteroatoms. The van der Waals surface area contributed by atoms with Crippen LogP contribution in [-0.2, 0) is 4.79 Å². The van der Waals surface area contributed by atoms with Crippen LogP contribution in [0.5, 0.6) is 0 Å².